The SMILES string of the molecule is CC.CC1CCC(n2ccc(=S)[nH]c2=O)O1.COC. The van der Waals surface area contributed by atoms with Gasteiger partial charge in [-0.1, -0.05) is 26.1 Å². The summed E-state index contributed by atoms with van der Waals surface area (Å²) in [5.41, 5.74) is -0.198. The lowest BCUT2D eigenvalue weighted by Crippen LogP contribution is -2.26. The summed E-state index contributed by atoms with van der Waals surface area (Å²) in [7, 11) is 3.25. The third kappa shape index (κ3) is 6.13. The van der Waals surface area contributed by atoms with Crippen molar-refractivity contribution in [3.63, 3.8) is 0 Å². The molecular formula is C13H24N2O3S. The Labute approximate surface area is 119 Å². The van der Waals surface area contributed by atoms with Gasteiger partial charge in [0.1, 0.15) is 10.9 Å². The average molecular weight is 288 g/mol. The van der Waals surface area contributed by atoms with Gasteiger partial charge in [0, 0.05) is 20.4 Å². The molecule has 1 fully saturated rings. The molecule has 6 heteroatoms. The van der Waals surface area contributed by atoms with E-state index in [1.807, 2.05) is 20.8 Å². The van der Waals surface area contributed by atoms with Crippen LogP contribution in [0.25, 0.3) is 0 Å². The van der Waals surface area contributed by atoms with Crippen LogP contribution in [0.5, 0.6) is 0 Å². The van der Waals surface area contributed by atoms with E-state index in [0.29, 0.717) is 4.64 Å². The minimum Gasteiger partial charge on any atom is -0.388 e. The van der Waals surface area contributed by atoms with Crippen molar-refractivity contribution in [2.24, 2.45) is 0 Å². The monoisotopic (exact) mass is 288 g/mol. The molecule has 1 saturated heterocycles. The second-order valence-corrected chi connectivity index (χ2v) is 4.34. The van der Waals surface area contributed by atoms with E-state index in [4.69, 9.17) is 17.0 Å². The summed E-state index contributed by atoms with van der Waals surface area (Å²) in [5.74, 6) is 0. The molecule has 2 unspecified atom stereocenters. The number of hydrogen-bond donors (Lipinski definition) is 1. The Balaban J connectivity index is 0.000000573. The number of aromatic nitrogens is 2. The number of nitrogens with zero attached hydrogens (tertiary/aromatic N) is 1. The Bertz CT molecular complexity index is 456. The van der Waals surface area contributed by atoms with E-state index >= 15 is 0 Å². The molecule has 2 atom stereocenters. The van der Waals surface area contributed by atoms with E-state index in [0.717, 1.165) is 12.8 Å². The van der Waals surface area contributed by atoms with E-state index in [2.05, 4.69) is 9.72 Å². The highest BCUT2D eigenvalue weighted by atomic mass is 32.1. The van der Waals surface area contributed by atoms with Crippen molar-refractivity contribution in [1.29, 1.82) is 0 Å². The van der Waals surface area contributed by atoms with Crippen LogP contribution >= 0.6 is 12.2 Å². The summed E-state index contributed by atoms with van der Waals surface area (Å²) in [6, 6.07) is 1.70. The van der Waals surface area contributed by atoms with Crippen molar-refractivity contribution < 1.29 is 9.47 Å². The molecule has 1 aromatic rings. The summed E-state index contributed by atoms with van der Waals surface area (Å²) in [4.78, 5) is 14.1. The summed E-state index contributed by atoms with van der Waals surface area (Å²) in [6.45, 7) is 6.01. The third-order valence-corrected chi connectivity index (χ3v) is 2.61. The number of nitrogens with one attached hydrogen (secondary N) is 1. The number of ether oxygens (including phenoxy) is 2. The third-order valence-electron chi connectivity index (χ3n) is 2.37. The first kappa shape index (κ1) is 18.0. The first-order valence-corrected chi connectivity index (χ1v) is 6.86. The second-order valence-electron chi connectivity index (χ2n) is 3.90. The highest BCUT2D eigenvalue weighted by molar-refractivity contribution is 7.71. The standard InChI is InChI=1S/C9H12N2O2S.C2H6O.C2H6/c1-6-2-3-8(13-6)11-5-4-7(14)10-9(11)12;1-3-2;1-2/h4-6,8H,2-3H2,1H3,(H,10,12,14);1-2H3;1-2H3. The minimum atomic E-state index is -0.198. The van der Waals surface area contributed by atoms with Crippen LogP contribution in [0.2, 0.25) is 0 Å². The van der Waals surface area contributed by atoms with Crippen LogP contribution in [0, 0.1) is 4.64 Å². The summed E-state index contributed by atoms with van der Waals surface area (Å²) >= 11 is 4.85. The zero-order chi connectivity index (χ0) is 14.8. The van der Waals surface area contributed by atoms with Crippen LogP contribution in [0.15, 0.2) is 17.1 Å². The summed E-state index contributed by atoms with van der Waals surface area (Å²) in [6.07, 6.45) is 3.65. The lowest BCUT2D eigenvalue weighted by Gasteiger charge is -2.13. The van der Waals surface area contributed by atoms with E-state index < -0.39 is 0 Å². The molecule has 0 amide bonds. The lowest BCUT2D eigenvalue weighted by molar-refractivity contribution is 0.00796. The molecule has 1 aliphatic rings. The number of methoxy groups -OCH3 is 1. The fraction of sp³-hybridized carbons (Fsp3) is 0.692. The van der Waals surface area contributed by atoms with E-state index in [1.165, 1.54) is 0 Å². The smallest absolute Gasteiger partial charge is 0.328 e. The number of aromatic amines is 1. The Kier molecular flexibility index (Phi) is 9.38. The Morgan fingerprint density at radius 2 is 2.00 bits per heavy atom. The van der Waals surface area contributed by atoms with Gasteiger partial charge in [0.15, 0.2) is 0 Å². The highest BCUT2D eigenvalue weighted by Crippen LogP contribution is 2.26. The van der Waals surface area contributed by atoms with Gasteiger partial charge in [-0.15, -0.1) is 0 Å². The largest absolute Gasteiger partial charge is 0.388 e. The fourth-order valence-electron chi connectivity index (χ4n) is 1.64. The fourth-order valence-corrected chi connectivity index (χ4v) is 1.79. The molecular weight excluding hydrogens is 264 g/mol. The van der Waals surface area contributed by atoms with Crippen LogP contribution in [-0.2, 0) is 9.47 Å². The molecule has 110 valence electrons. The Morgan fingerprint density at radius 1 is 1.42 bits per heavy atom. The zero-order valence-corrected chi connectivity index (χ0v) is 13.1. The average Bonchev–Trinajstić information content (AvgIpc) is 2.79. The highest BCUT2D eigenvalue weighted by Gasteiger charge is 2.23. The zero-order valence-electron chi connectivity index (χ0n) is 12.3. The Hall–Kier alpha value is -0.980. The van der Waals surface area contributed by atoms with Crippen LogP contribution < -0.4 is 5.69 Å². The first-order valence-electron chi connectivity index (χ1n) is 6.45. The maximum atomic E-state index is 11.5. The number of hydrogen-bond acceptors (Lipinski definition) is 4. The van der Waals surface area contributed by atoms with Gasteiger partial charge in [-0.2, -0.15) is 0 Å². The molecule has 1 aromatic heterocycles. The van der Waals surface area contributed by atoms with Crippen LogP contribution in [0.4, 0.5) is 0 Å². The molecule has 0 aliphatic carbocycles. The maximum Gasteiger partial charge on any atom is 0.328 e. The normalized spacial score (nSPS) is 20.9. The lowest BCUT2D eigenvalue weighted by atomic mass is 10.2. The molecule has 0 radical (unpaired) electrons. The van der Waals surface area contributed by atoms with Crippen LogP contribution in [0.3, 0.4) is 0 Å². The van der Waals surface area contributed by atoms with Gasteiger partial charge in [-0.05, 0) is 25.8 Å². The predicted octanol–water partition coefficient (Wildman–Crippen LogP) is 2.89. The van der Waals surface area contributed by atoms with Crippen molar-refractivity contribution in [1.82, 2.24) is 9.55 Å². The maximum absolute atomic E-state index is 11.5. The molecule has 2 rings (SSSR count). The van der Waals surface area contributed by atoms with Gasteiger partial charge >= 0.3 is 5.69 Å². The van der Waals surface area contributed by atoms with Gasteiger partial charge < -0.3 is 9.47 Å². The molecule has 0 bridgehead atoms. The van der Waals surface area contributed by atoms with E-state index in [-0.39, 0.29) is 18.0 Å². The molecule has 19 heavy (non-hydrogen) atoms. The van der Waals surface area contributed by atoms with Crippen molar-refractivity contribution in [2.45, 2.75) is 45.9 Å². The Morgan fingerprint density at radius 3 is 2.42 bits per heavy atom. The topological polar surface area (TPSA) is 56.2 Å². The quantitative estimate of drug-likeness (QED) is 0.807. The molecule has 0 spiro atoms. The molecule has 1 aliphatic heterocycles. The van der Waals surface area contributed by atoms with Gasteiger partial charge in [0.2, 0.25) is 0 Å². The van der Waals surface area contributed by atoms with Crippen LogP contribution in [0.1, 0.15) is 39.8 Å². The van der Waals surface area contributed by atoms with E-state index in [9.17, 15) is 4.79 Å². The molecule has 2 heterocycles. The molecule has 5 nitrogen and oxygen atoms in total. The minimum absolute atomic E-state index is 0.135. The van der Waals surface area contributed by atoms with Crippen molar-refractivity contribution in [3.8, 4) is 0 Å². The predicted molar refractivity (Wildman–Crippen MR) is 79.0 cm³/mol. The van der Waals surface area contributed by atoms with Gasteiger partial charge in [0.25, 0.3) is 0 Å². The van der Waals surface area contributed by atoms with Gasteiger partial charge in [-0.3, -0.25) is 9.55 Å². The molecule has 0 aromatic carbocycles. The second kappa shape index (κ2) is 9.89. The van der Waals surface area contributed by atoms with Crippen molar-refractivity contribution >= 4 is 12.2 Å². The molecule has 0 saturated carbocycles. The van der Waals surface area contributed by atoms with Crippen molar-refractivity contribution in [2.75, 3.05) is 14.2 Å². The van der Waals surface area contributed by atoms with Gasteiger partial charge in [0.05, 0.1) is 6.10 Å². The number of rotatable bonds is 1. The van der Waals surface area contributed by atoms with Crippen LogP contribution in [-0.4, -0.2) is 29.9 Å². The van der Waals surface area contributed by atoms with E-state index in [1.54, 1.807) is 31.0 Å². The first-order chi connectivity index (χ1) is 9.08. The number of H-pyrrole nitrogens is 1. The molecule has 1 N–H and O–H groups in total. The summed E-state index contributed by atoms with van der Waals surface area (Å²) in [5, 5.41) is 0. The van der Waals surface area contributed by atoms with Gasteiger partial charge in [-0.25, -0.2) is 4.79 Å². The summed E-state index contributed by atoms with van der Waals surface area (Å²) < 4.78 is 11.8. The van der Waals surface area contributed by atoms with Crippen molar-refractivity contribution in [3.05, 3.63) is 27.4 Å².